The summed E-state index contributed by atoms with van der Waals surface area (Å²) in [7, 11) is 0. The molecular formula is C12H25N3O. The third kappa shape index (κ3) is 3.19. The van der Waals surface area contributed by atoms with Crippen LogP contribution in [0.3, 0.4) is 0 Å². The minimum Gasteiger partial charge on any atom is -0.368 e. The van der Waals surface area contributed by atoms with Gasteiger partial charge in [-0.1, -0.05) is 26.7 Å². The highest BCUT2D eigenvalue weighted by molar-refractivity contribution is 5.79. The van der Waals surface area contributed by atoms with E-state index in [9.17, 15) is 4.79 Å². The maximum atomic E-state index is 10.9. The molecule has 0 saturated carbocycles. The highest BCUT2D eigenvalue weighted by atomic mass is 16.1. The first-order valence-electron chi connectivity index (χ1n) is 6.30. The summed E-state index contributed by atoms with van der Waals surface area (Å²) < 4.78 is 0. The zero-order valence-corrected chi connectivity index (χ0v) is 10.5. The Morgan fingerprint density at radius 1 is 1.31 bits per heavy atom. The van der Waals surface area contributed by atoms with Gasteiger partial charge in [-0.05, 0) is 31.3 Å². The Hall–Kier alpha value is -0.610. The van der Waals surface area contributed by atoms with Crippen LogP contribution in [0.2, 0.25) is 0 Å². The second-order valence-corrected chi connectivity index (χ2v) is 5.02. The van der Waals surface area contributed by atoms with Crippen molar-refractivity contribution in [2.24, 2.45) is 16.9 Å². The Morgan fingerprint density at radius 2 is 1.81 bits per heavy atom. The van der Waals surface area contributed by atoms with Crippen LogP contribution in [-0.2, 0) is 4.79 Å². The van der Waals surface area contributed by atoms with Crippen molar-refractivity contribution in [2.45, 2.75) is 45.6 Å². The predicted molar refractivity (Wildman–Crippen MR) is 65.9 cm³/mol. The van der Waals surface area contributed by atoms with E-state index < -0.39 is 11.9 Å². The lowest BCUT2D eigenvalue weighted by atomic mass is 9.74. The van der Waals surface area contributed by atoms with E-state index in [4.69, 9.17) is 11.5 Å². The molecule has 16 heavy (non-hydrogen) atoms. The molecule has 0 aromatic carbocycles. The van der Waals surface area contributed by atoms with E-state index in [1.165, 1.54) is 25.7 Å². The van der Waals surface area contributed by atoms with Crippen molar-refractivity contribution < 1.29 is 4.79 Å². The van der Waals surface area contributed by atoms with E-state index in [0.717, 1.165) is 13.1 Å². The second-order valence-electron chi connectivity index (χ2n) is 5.02. The highest BCUT2D eigenvalue weighted by Gasteiger charge is 2.31. The molecule has 4 N–H and O–H groups in total. The summed E-state index contributed by atoms with van der Waals surface area (Å²) in [6, 6.07) is -0.518. The Labute approximate surface area is 98.3 Å². The van der Waals surface area contributed by atoms with Gasteiger partial charge in [-0.25, -0.2) is 0 Å². The standard InChI is InChI=1S/C12H25N3O/c1-3-12(4-2)5-7-15(8-6-12)9-10(13)11(14)16/h10H,3-9,13H2,1-2H3,(H2,14,16). The van der Waals surface area contributed by atoms with Gasteiger partial charge >= 0.3 is 0 Å². The van der Waals surface area contributed by atoms with Crippen molar-refractivity contribution >= 4 is 5.91 Å². The van der Waals surface area contributed by atoms with Crippen LogP contribution in [0.25, 0.3) is 0 Å². The summed E-state index contributed by atoms with van der Waals surface area (Å²) in [5.41, 5.74) is 11.4. The molecule has 1 amide bonds. The Balaban J connectivity index is 2.40. The van der Waals surface area contributed by atoms with Gasteiger partial charge in [-0.15, -0.1) is 0 Å². The van der Waals surface area contributed by atoms with Crippen molar-refractivity contribution in [1.29, 1.82) is 0 Å². The Bertz CT molecular complexity index is 228. The van der Waals surface area contributed by atoms with Gasteiger partial charge < -0.3 is 16.4 Å². The minimum absolute atomic E-state index is 0.400. The van der Waals surface area contributed by atoms with E-state index in [1.54, 1.807) is 0 Å². The van der Waals surface area contributed by atoms with E-state index in [2.05, 4.69) is 18.7 Å². The van der Waals surface area contributed by atoms with Crippen LogP contribution in [0.1, 0.15) is 39.5 Å². The van der Waals surface area contributed by atoms with E-state index in [1.807, 2.05) is 0 Å². The van der Waals surface area contributed by atoms with Gasteiger partial charge in [0.1, 0.15) is 0 Å². The summed E-state index contributed by atoms with van der Waals surface area (Å²) in [4.78, 5) is 13.1. The van der Waals surface area contributed by atoms with Crippen molar-refractivity contribution in [3.05, 3.63) is 0 Å². The Kier molecular flexibility index (Phi) is 4.74. The number of primary amides is 1. The summed E-state index contributed by atoms with van der Waals surface area (Å²) in [6.45, 7) is 7.24. The second kappa shape index (κ2) is 5.64. The maximum Gasteiger partial charge on any atom is 0.235 e. The van der Waals surface area contributed by atoms with Gasteiger partial charge in [-0.3, -0.25) is 4.79 Å². The number of nitrogens with two attached hydrogens (primary N) is 2. The molecule has 1 atom stereocenters. The SMILES string of the molecule is CCC1(CC)CCN(CC(N)C(N)=O)CC1. The topological polar surface area (TPSA) is 72.3 Å². The molecular weight excluding hydrogens is 202 g/mol. The van der Waals surface area contributed by atoms with Crippen LogP contribution in [-0.4, -0.2) is 36.5 Å². The smallest absolute Gasteiger partial charge is 0.235 e. The van der Waals surface area contributed by atoms with Gasteiger partial charge in [-0.2, -0.15) is 0 Å². The van der Waals surface area contributed by atoms with Crippen LogP contribution in [0.15, 0.2) is 0 Å². The van der Waals surface area contributed by atoms with Crippen molar-refractivity contribution in [2.75, 3.05) is 19.6 Å². The molecule has 0 aromatic rings. The van der Waals surface area contributed by atoms with Gasteiger partial charge in [0.25, 0.3) is 0 Å². The number of piperidine rings is 1. The Morgan fingerprint density at radius 3 is 2.19 bits per heavy atom. The van der Waals surface area contributed by atoms with Crippen molar-refractivity contribution in [3.8, 4) is 0 Å². The summed E-state index contributed by atoms with van der Waals surface area (Å²) in [5, 5.41) is 0. The molecule has 1 unspecified atom stereocenters. The third-order valence-electron chi connectivity index (χ3n) is 4.24. The fourth-order valence-corrected chi connectivity index (χ4v) is 2.54. The molecule has 1 saturated heterocycles. The van der Waals surface area contributed by atoms with E-state index >= 15 is 0 Å². The molecule has 1 aliphatic heterocycles. The maximum absolute atomic E-state index is 10.9. The number of amides is 1. The van der Waals surface area contributed by atoms with Crippen LogP contribution in [0.5, 0.6) is 0 Å². The monoisotopic (exact) mass is 227 g/mol. The van der Waals surface area contributed by atoms with Crippen LogP contribution >= 0.6 is 0 Å². The van der Waals surface area contributed by atoms with Crippen molar-refractivity contribution in [3.63, 3.8) is 0 Å². The van der Waals surface area contributed by atoms with E-state index in [0.29, 0.717) is 12.0 Å². The largest absolute Gasteiger partial charge is 0.368 e. The molecule has 4 nitrogen and oxygen atoms in total. The zero-order valence-electron chi connectivity index (χ0n) is 10.5. The number of nitrogens with zero attached hydrogens (tertiary/aromatic N) is 1. The molecule has 0 aromatic heterocycles. The average Bonchev–Trinajstić information content (AvgIpc) is 2.30. The molecule has 1 aliphatic rings. The summed E-state index contributed by atoms with van der Waals surface area (Å²) in [5.74, 6) is -0.400. The van der Waals surface area contributed by atoms with Crippen LogP contribution < -0.4 is 11.5 Å². The van der Waals surface area contributed by atoms with Crippen LogP contribution in [0.4, 0.5) is 0 Å². The number of carbonyl (C=O) groups excluding carboxylic acids is 1. The molecule has 0 bridgehead atoms. The molecule has 1 rings (SSSR count). The normalized spacial score (nSPS) is 22.9. The predicted octanol–water partition coefficient (Wildman–Crippen LogP) is 0.701. The number of hydrogen-bond donors (Lipinski definition) is 2. The first-order valence-corrected chi connectivity index (χ1v) is 6.30. The molecule has 4 heteroatoms. The molecule has 0 radical (unpaired) electrons. The van der Waals surface area contributed by atoms with Gasteiger partial charge in [0.2, 0.25) is 5.91 Å². The highest BCUT2D eigenvalue weighted by Crippen LogP contribution is 2.37. The fourth-order valence-electron chi connectivity index (χ4n) is 2.54. The minimum atomic E-state index is -0.518. The molecule has 0 aliphatic carbocycles. The summed E-state index contributed by atoms with van der Waals surface area (Å²) >= 11 is 0. The molecule has 0 spiro atoms. The lowest BCUT2D eigenvalue weighted by Crippen LogP contribution is -2.49. The van der Waals surface area contributed by atoms with Gasteiger partial charge in [0.15, 0.2) is 0 Å². The lowest BCUT2D eigenvalue weighted by Gasteiger charge is -2.41. The van der Waals surface area contributed by atoms with E-state index in [-0.39, 0.29) is 0 Å². The molecule has 1 fully saturated rings. The molecule has 1 heterocycles. The number of carbonyl (C=O) groups is 1. The first kappa shape index (κ1) is 13.5. The zero-order chi connectivity index (χ0) is 12.2. The van der Waals surface area contributed by atoms with Gasteiger partial charge in [0, 0.05) is 6.54 Å². The number of hydrogen-bond acceptors (Lipinski definition) is 3. The van der Waals surface area contributed by atoms with Crippen molar-refractivity contribution in [1.82, 2.24) is 4.90 Å². The quantitative estimate of drug-likeness (QED) is 0.726. The number of likely N-dealkylation sites (tertiary alicyclic amines) is 1. The fraction of sp³-hybridized carbons (Fsp3) is 0.917. The lowest BCUT2D eigenvalue weighted by molar-refractivity contribution is -0.119. The van der Waals surface area contributed by atoms with Crippen LogP contribution in [0, 0.1) is 5.41 Å². The van der Waals surface area contributed by atoms with Gasteiger partial charge in [0.05, 0.1) is 6.04 Å². The molecule has 94 valence electrons. The average molecular weight is 227 g/mol. The first-order chi connectivity index (χ1) is 7.53. The number of rotatable bonds is 5. The summed E-state index contributed by atoms with van der Waals surface area (Å²) in [6.07, 6.45) is 4.93. The third-order valence-corrected chi connectivity index (χ3v) is 4.24.